The highest BCUT2D eigenvalue weighted by atomic mass is 127. The Hall–Kier alpha value is -1.35. The molecular formula is C20H29IN4O2. The number of hydrogen-bond acceptors (Lipinski definition) is 3. The number of hydrogen-bond donors (Lipinski definition) is 3. The Labute approximate surface area is 175 Å². The van der Waals surface area contributed by atoms with E-state index in [4.69, 9.17) is 0 Å². The molecular weight excluding hydrogens is 455 g/mol. The van der Waals surface area contributed by atoms with E-state index in [0.717, 1.165) is 48.0 Å². The van der Waals surface area contributed by atoms with Gasteiger partial charge in [-0.15, -0.1) is 0 Å². The molecule has 1 saturated heterocycles. The number of piperidine rings is 1. The Morgan fingerprint density at radius 3 is 2.15 bits per heavy atom. The van der Waals surface area contributed by atoms with Crippen molar-refractivity contribution in [3.63, 3.8) is 0 Å². The van der Waals surface area contributed by atoms with Crippen molar-refractivity contribution in [3.8, 4) is 0 Å². The van der Waals surface area contributed by atoms with Gasteiger partial charge in [-0.2, -0.15) is 0 Å². The van der Waals surface area contributed by atoms with Crippen molar-refractivity contribution >= 4 is 40.2 Å². The van der Waals surface area contributed by atoms with Gasteiger partial charge < -0.3 is 16.0 Å². The molecule has 1 aliphatic carbocycles. The maximum Gasteiger partial charge on any atom is 0.315 e. The van der Waals surface area contributed by atoms with Crippen molar-refractivity contribution in [2.75, 3.05) is 25.0 Å². The van der Waals surface area contributed by atoms with Crippen molar-refractivity contribution in [2.45, 2.75) is 57.0 Å². The lowest BCUT2D eigenvalue weighted by Crippen LogP contribution is -2.51. The first-order valence-corrected chi connectivity index (χ1v) is 11.0. The van der Waals surface area contributed by atoms with Gasteiger partial charge in [0, 0.05) is 34.4 Å². The minimum absolute atomic E-state index is 0.0117. The molecule has 6 nitrogen and oxygen atoms in total. The highest BCUT2D eigenvalue weighted by Crippen LogP contribution is 2.17. The lowest BCUT2D eigenvalue weighted by atomic mass is 9.96. The molecule has 0 spiro atoms. The van der Waals surface area contributed by atoms with Gasteiger partial charge in [-0.05, 0) is 72.5 Å². The van der Waals surface area contributed by atoms with E-state index >= 15 is 0 Å². The second-order valence-corrected chi connectivity index (χ2v) is 8.80. The minimum atomic E-state index is -0.0307. The number of carbonyl (C=O) groups excluding carboxylic acids is 2. The first-order valence-electron chi connectivity index (χ1n) is 9.93. The summed E-state index contributed by atoms with van der Waals surface area (Å²) in [4.78, 5) is 26.5. The third-order valence-electron chi connectivity index (χ3n) is 5.36. The van der Waals surface area contributed by atoms with Crippen LogP contribution in [-0.2, 0) is 4.79 Å². The van der Waals surface area contributed by atoms with Gasteiger partial charge in [0.15, 0.2) is 0 Å². The van der Waals surface area contributed by atoms with Crippen LogP contribution >= 0.6 is 22.6 Å². The van der Waals surface area contributed by atoms with Gasteiger partial charge in [0.25, 0.3) is 0 Å². The quantitative estimate of drug-likeness (QED) is 0.562. The molecule has 0 bridgehead atoms. The van der Waals surface area contributed by atoms with Crippen LogP contribution in [-0.4, -0.2) is 48.6 Å². The summed E-state index contributed by atoms with van der Waals surface area (Å²) in [5.41, 5.74) is 0.830. The van der Waals surface area contributed by atoms with E-state index in [0.29, 0.717) is 12.6 Å². The number of nitrogens with one attached hydrogen (secondary N) is 3. The zero-order valence-electron chi connectivity index (χ0n) is 15.7. The highest BCUT2D eigenvalue weighted by molar-refractivity contribution is 14.1. The van der Waals surface area contributed by atoms with Gasteiger partial charge in [0.2, 0.25) is 5.91 Å². The first kappa shape index (κ1) is 20.4. The van der Waals surface area contributed by atoms with Crippen LogP contribution in [0, 0.1) is 3.57 Å². The number of carbonyl (C=O) groups is 2. The molecule has 1 heterocycles. The van der Waals surface area contributed by atoms with E-state index in [1.807, 2.05) is 24.3 Å². The maximum atomic E-state index is 12.2. The number of nitrogens with zero attached hydrogens (tertiary/aromatic N) is 1. The first-order chi connectivity index (χ1) is 13.1. The van der Waals surface area contributed by atoms with Crippen LogP contribution in [0.15, 0.2) is 24.3 Å². The number of likely N-dealkylation sites (tertiary alicyclic amines) is 1. The Balaban J connectivity index is 1.34. The smallest absolute Gasteiger partial charge is 0.315 e. The lowest BCUT2D eigenvalue weighted by molar-refractivity contribution is -0.117. The van der Waals surface area contributed by atoms with E-state index in [1.165, 1.54) is 19.3 Å². The van der Waals surface area contributed by atoms with E-state index in [9.17, 15) is 9.59 Å². The fourth-order valence-corrected chi connectivity index (χ4v) is 4.19. The number of urea groups is 1. The van der Waals surface area contributed by atoms with Crippen LogP contribution in [0.4, 0.5) is 10.5 Å². The number of anilines is 1. The molecule has 3 amide bonds. The topological polar surface area (TPSA) is 73.5 Å². The zero-order chi connectivity index (χ0) is 19.1. The van der Waals surface area contributed by atoms with Crippen LogP contribution < -0.4 is 16.0 Å². The van der Waals surface area contributed by atoms with Crippen molar-refractivity contribution in [3.05, 3.63) is 27.8 Å². The molecule has 1 aliphatic heterocycles. The number of amides is 3. The highest BCUT2D eigenvalue weighted by Gasteiger charge is 2.23. The van der Waals surface area contributed by atoms with E-state index in [-0.39, 0.29) is 18.0 Å². The average Bonchev–Trinajstić information content (AvgIpc) is 2.66. The lowest BCUT2D eigenvalue weighted by Gasteiger charge is -2.32. The second kappa shape index (κ2) is 10.3. The molecule has 1 aromatic rings. The molecule has 1 aromatic carbocycles. The average molecular weight is 484 g/mol. The van der Waals surface area contributed by atoms with Crippen molar-refractivity contribution in [1.29, 1.82) is 0 Å². The normalized spacial score (nSPS) is 19.4. The van der Waals surface area contributed by atoms with Crippen LogP contribution in [0.25, 0.3) is 0 Å². The Kier molecular flexibility index (Phi) is 7.75. The Morgan fingerprint density at radius 1 is 0.926 bits per heavy atom. The van der Waals surface area contributed by atoms with Crippen LogP contribution in [0.3, 0.4) is 0 Å². The maximum absolute atomic E-state index is 12.2. The fraction of sp³-hybridized carbons (Fsp3) is 0.600. The second-order valence-electron chi connectivity index (χ2n) is 7.56. The summed E-state index contributed by atoms with van der Waals surface area (Å²) in [6.07, 6.45) is 7.68. The molecule has 2 aliphatic rings. The molecule has 2 fully saturated rings. The molecule has 3 N–H and O–H groups in total. The predicted molar refractivity (Wildman–Crippen MR) is 116 cm³/mol. The third kappa shape index (κ3) is 6.95. The fourth-order valence-electron chi connectivity index (χ4n) is 3.83. The van der Waals surface area contributed by atoms with Gasteiger partial charge in [-0.3, -0.25) is 9.69 Å². The summed E-state index contributed by atoms with van der Waals surface area (Å²) in [6.45, 7) is 2.05. The summed E-state index contributed by atoms with van der Waals surface area (Å²) < 4.78 is 1.15. The predicted octanol–water partition coefficient (Wildman–Crippen LogP) is 3.33. The molecule has 148 valence electrons. The van der Waals surface area contributed by atoms with Crippen molar-refractivity contribution in [2.24, 2.45) is 0 Å². The molecule has 3 rings (SSSR count). The number of rotatable bonds is 5. The minimum Gasteiger partial charge on any atom is -0.335 e. The molecule has 0 unspecified atom stereocenters. The Bertz CT molecular complexity index is 623. The monoisotopic (exact) mass is 484 g/mol. The molecule has 7 heteroatoms. The van der Waals surface area contributed by atoms with E-state index in [1.54, 1.807) is 0 Å². The van der Waals surface area contributed by atoms with Gasteiger partial charge >= 0.3 is 6.03 Å². The van der Waals surface area contributed by atoms with Gasteiger partial charge in [-0.25, -0.2) is 4.79 Å². The van der Waals surface area contributed by atoms with E-state index in [2.05, 4.69) is 43.4 Å². The Morgan fingerprint density at radius 2 is 1.52 bits per heavy atom. The summed E-state index contributed by atoms with van der Waals surface area (Å²) in [7, 11) is 0. The van der Waals surface area contributed by atoms with Gasteiger partial charge in [0.1, 0.15) is 0 Å². The summed E-state index contributed by atoms with van der Waals surface area (Å²) in [5.74, 6) is 0.0117. The molecule has 0 radical (unpaired) electrons. The van der Waals surface area contributed by atoms with Gasteiger partial charge in [0.05, 0.1) is 6.54 Å². The summed E-state index contributed by atoms with van der Waals surface area (Å²) >= 11 is 2.24. The molecule has 1 saturated carbocycles. The molecule has 0 atom stereocenters. The van der Waals surface area contributed by atoms with Gasteiger partial charge in [-0.1, -0.05) is 19.3 Å². The number of halogens is 1. The zero-order valence-corrected chi connectivity index (χ0v) is 17.8. The summed E-state index contributed by atoms with van der Waals surface area (Å²) in [6, 6.07) is 8.29. The van der Waals surface area contributed by atoms with E-state index < -0.39 is 0 Å². The van der Waals surface area contributed by atoms with Crippen molar-refractivity contribution in [1.82, 2.24) is 15.5 Å². The number of benzene rings is 1. The SMILES string of the molecule is O=C(CN1CCC(NC(=O)NC2CCCCC2)CC1)Nc1ccc(I)cc1. The standard InChI is InChI=1S/C20H29IN4O2/c21-15-6-8-17(9-7-15)22-19(26)14-25-12-10-18(11-13-25)24-20(27)23-16-4-2-1-3-5-16/h6-9,16,18H,1-5,10-14H2,(H,22,26)(H2,23,24,27). The van der Waals surface area contributed by atoms with Crippen LogP contribution in [0.1, 0.15) is 44.9 Å². The largest absolute Gasteiger partial charge is 0.335 e. The molecule has 0 aromatic heterocycles. The van der Waals surface area contributed by atoms with Crippen molar-refractivity contribution < 1.29 is 9.59 Å². The van der Waals surface area contributed by atoms with Crippen LogP contribution in [0.2, 0.25) is 0 Å². The third-order valence-corrected chi connectivity index (χ3v) is 6.08. The van der Waals surface area contributed by atoms with Crippen LogP contribution in [0.5, 0.6) is 0 Å². The summed E-state index contributed by atoms with van der Waals surface area (Å²) in [5, 5.41) is 9.16. The molecule has 27 heavy (non-hydrogen) atoms.